The fourth-order valence-electron chi connectivity index (χ4n) is 3.82. The van der Waals surface area contributed by atoms with Crippen molar-refractivity contribution in [3.05, 3.63) is 76.7 Å². The van der Waals surface area contributed by atoms with Crippen molar-refractivity contribution in [1.82, 2.24) is 10.3 Å². The second kappa shape index (κ2) is 6.50. The summed E-state index contributed by atoms with van der Waals surface area (Å²) in [6.07, 6.45) is 3.72. The van der Waals surface area contributed by atoms with E-state index in [0.717, 1.165) is 28.7 Å². The first-order valence-electron chi connectivity index (χ1n) is 8.65. The molecule has 4 aromatic rings. The lowest BCUT2D eigenvalue weighted by atomic mass is 9.93. The average molecular weight is 384 g/mol. The third kappa shape index (κ3) is 2.72. The van der Waals surface area contributed by atoms with E-state index in [9.17, 15) is 0 Å². The molecule has 2 N–H and O–H groups in total. The summed E-state index contributed by atoms with van der Waals surface area (Å²) in [7, 11) is 0. The Morgan fingerprint density at radius 3 is 2.92 bits per heavy atom. The van der Waals surface area contributed by atoms with Gasteiger partial charge in [-0.25, -0.2) is 0 Å². The highest BCUT2D eigenvalue weighted by molar-refractivity contribution is 7.19. The van der Waals surface area contributed by atoms with E-state index in [2.05, 4.69) is 51.6 Å². The molecule has 2 unspecified atom stereocenters. The van der Waals surface area contributed by atoms with Crippen LogP contribution in [0.25, 0.3) is 10.9 Å². The van der Waals surface area contributed by atoms with E-state index in [4.69, 9.17) is 16.0 Å². The number of furan rings is 1. The average Bonchev–Trinajstić information content (AvgIpc) is 3.42. The van der Waals surface area contributed by atoms with Gasteiger partial charge in [0.2, 0.25) is 0 Å². The number of anilines is 1. The van der Waals surface area contributed by atoms with Crippen molar-refractivity contribution in [3.63, 3.8) is 0 Å². The van der Waals surface area contributed by atoms with Gasteiger partial charge in [-0.3, -0.25) is 0 Å². The van der Waals surface area contributed by atoms with E-state index in [1.807, 2.05) is 18.3 Å². The lowest BCUT2D eigenvalue weighted by Gasteiger charge is -2.41. The fourth-order valence-corrected chi connectivity index (χ4v) is 4.91. The number of nitrogens with zero attached hydrogens (tertiary/aromatic N) is 1. The summed E-state index contributed by atoms with van der Waals surface area (Å²) in [5.41, 5.74) is 2.41. The van der Waals surface area contributed by atoms with Crippen molar-refractivity contribution in [2.45, 2.75) is 12.1 Å². The Hall–Kier alpha value is -2.21. The minimum atomic E-state index is 0.0739. The molecular weight excluding hydrogens is 366 g/mol. The van der Waals surface area contributed by atoms with Crippen LogP contribution in [-0.4, -0.2) is 18.1 Å². The Kier molecular flexibility index (Phi) is 4.00. The van der Waals surface area contributed by atoms with Crippen LogP contribution in [0.2, 0.25) is 4.34 Å². The van der Waals surface area contributed by atoms with E-state index in [1.165, 1.54) is 16.0 Å². The molecule has 4 nitrogen and oxygen atoms in total. The van der Waals surface area contributed by atoms with Crippen LogP contribution in [0.4, 0.5) is 5.00 Å². The van der Waals surface area contributed by atoms with Gasteiger partial charge in [-0.15, -0.1) is 11.3 Å². The molecule has 0 saturated carbocycles. The van der Waals surface area contributed by atoms with Gasteiger partial charge in [0.25, 0.3) is 0 Å². The molecule has 5 rings (SSSR count). The second-order valence-electron chi connectivity index (χ2n) is 6.49. The number of aromatic amines is 1. The molecule has 0 radical (unpaired) electrons. The largest absolute Gasteiger partial charge is 0.467 e. The zero-order valence-corrected chi connectivity index (χ0v) is 15.6. The van der Waals surface area contributed by atoms with Crippen LogP contribution in [0.1, 0.15) is 23.4 Å². The molecule has 132 valence electrons. The van der Waals surface area contributed by atoms with Crippen LogP contribution in [-0.2, 0) is 0 Å². The molecule has 6 heteroatoms. The van der Waals surface area contributed by atoms with Gasteiger partial charge < -0.3 is 19.6 Å². The number of H-pyrrole nitrogens is 1. The standard InChI is InChI=1S/C20H18ClN3OS/c21-17-5-6-18(26-17)24-10-9-23-19(20(24)16-2-1-11-25-16)14-3-4-15-13(12-14)7-8-22-15/h1-8,11-12,19-20,22-23H,9-10H2. The molecule has 0 spiro atoms. The molecule has 0 amide bonds. The van der Waals surface area contributed by atoms with Crippen LogP contribution in [0, 0.1) is 0 Å². The number of hydrogen-bond donors (Lipinski definition) is 2. The predicted molar refractivity (Wildman–Crippen MR) is 107 cm³/mol. The topological polar surface area (TPSA) is 44.2 Å². The van der Waals surface area contributed by atoms with Crippen molar-refractivity contribution in [3.8, 4) is 0 Å². The lowest BCUT2D eigenvalue weighted by Crippen LogP contribution is -2.47. The summed E-state index contributed by atoms with van der Waals surface area (Å²) >= 11 is 7.82. The second-order valence-corrected chi connectivity index (χ2v) is 8.18. The molecule has 26 heavy (non-hydrogen) atoms. The van der Waals surface area contributed by atoms with Crippen LogP contribution in [0.5, 0.6) is 0 Å². The Bertz CT molecular complexity index is 1020. The molecule has 2 atom stereocenters. The predicted octanol–water partition coefficient (Wildman–Crippen LogP) is 5.37. The SMILES string of the molecule is Clc1ccc(N2CCNC(c3ccc4[nH]ccc4c3)C2c2ccco2)s1. The van der Waals surface area contributed by atoms with Crippen LogP contribution in [0.15, 0.2) is 65.4 Å². The van der Waals surface area contributed by atoms with Crippen LogP contribution >= 0.6 is 22.9 Å². The minimum absolute atomic E-state index is 0.0739. The highest BCUT2D eigenvalue weighted by atomic mass is 35.5. The quantitative estimate of drug-likeness (QED) is 0.500. The third-order valence-corrected chi connectivity index (χ3v) is 6.25. The molecule has 0 aliphatic carbocycles. The highest BCUT2D eigenvalue weighted by Crippen LogP contribution is 2.42. The van der Waals surface area contributed by atoms with Gasteiger partial charge in [0, 0.05) is 24.8 Å². The summed E-state index contributed by atoms with van der Waals surface area (Å²) in [6.45, 7) is 1.81. The van der Waals surface area contributed by atoms with E-state index >= 15 is 0 Å². The highest BCUT2D eigenvalue weighted by Gasteiger charge is 2.36. The van der Waals surface area contributed by atoms with E-state index in [0.29, 0.717) is 0 Å². The van der Waals surface area contributed by atoms with Crippen molar-refractivity contribution >= 4 is 38.8 Å². The number of piperazine rings is 1. The first kappa shape index (κ1) is 16.0. The number of rotatable bonds is 3. The first-order chi connectivity index (χ1) is 12.8. The molecule has 1 saturated heterocycles. The van der Waals surface area contributed by atoms with E-state index in [1.54, 1.807) is 17.6 Å². The Morgan fingerprint density at radius 1 is 1.15 bits per heavy atom. The molecule has 0 bridgehead atoms. The smallest absolute Gasteiger partial charge is 0.128 e. The maximum absolute atomic E-state index is 6.21. The minimum Gasteiger partial charge on any atom is -0.467 e. The third-order valence-electron chi connectivity index (χ3n) is 4.98. The van der Waals surface area contributed by atoms with Crippen molar-refractivity contribution in [2.24, 2.45) is 0 Å². The monoisotopic (exact) mass is 383 g/mol. The number of halogens is 1. The van der Waals surface area contributed by atoms with Crippen LogP contribution in [0.3, 0.4) is 0 Å². The number of hydrogen-bond acceptors (Lipinski definition) is 4. The van der Waals surface area contributed by atoms with Gasteiger partial charge in [-0.2, -0.15) is 0 Å². The summed E-state index contributed by atoms with van der Waals surface area (Å²) in [4.78, 5) is 5.66. The van der Waals surface area contributed by atoms with Crippen LogP contribution < -0.4 is 10.2 Å². The van der Waals surface area contributed by atoms with Gasteiger partial charge in [-0.1, -0.05) is 17.7 Å². The van der Waals surface area contributed by atoms with Gasteiger partial charge in [-0.05, 0) is 53.4 Å². The number of thiophene rings is 1. The molecule has 1 aromatic carbocycles. The number of nitrogens with one attached hydrogen (secondary N) is 2. The van der Waals surface area contributed by atoms with E-state index < -0.39 is 0 Å². The molecule has 4 heterocycles. The summed E-state index contributed by atoms with van der Waals surface area (Å²) < 4.78 is 6.65. The van der Waals surface area contributed by atoms with Crippen molar-refractivity contribution in [2.75, 3.05) is 18.0 Å². The summed E-state index contributed by atoms with van der Waals surface area (Å²) in [5, 5.41) is 6.09. The number of fused-ring (bicyclic) bond motifs is 1. The number of aromatic nitrogens is 1. The zero-order valence-electron chi connectivity index (χ0n) is 14.0. The van der Waals surface area contributed by atoms with E-state index in [-0.39, 0.29) is 12.1 Å². The maximum Gasteiger partial charge on any atom is 0.128 e. The Morgan fingerprint density at radius 2 is 2.12 bits per heavy atom. The lowest BCUT2D eigenvalue weighted by molar-refractivity contribution is 0.332. The molecular formula is C20H18ClN3OS. The van der Waals surface area contributed by atoms with Crippen molar-refractivity contribution < 1.29 is 4.42 Å². The molecule has 1 fully saturated rings. The Labute approximate surface area is 160 Å². The number of benzene rings is 1. The van der Waals surface area contributed by atoms with Gasteiger partial charge in [0.05, 0.1) is 21.6 Å². The fraction of sp³-hybridized carbons (Fsp3) is 0.200. The van der Waals surface area contributed by atoms with Crippen molar-refractivity contribution in [1.29, 1.82) is 0 Å². The molecule has 1 aliphatic heterocycles. The molecule has 1 aliphatic rings. The normalized spacial score (nSPS) is 20.7. The van der Waals surface area contributed by atoms with Gasteiger partial charge in [0.15, 0.2) is 0 Å². The summed E-state index contributed by atoms with van der Waals surface area (Å²) in [5.74, 6) is 0.959. The Balaban J connectivity index is 1.60. The first-order valence-corrected chi connectivity index (χ1v) is 9.85. The maximum atomic E-state index is 6.21. The summed E-state index contributed by atoms with van der Waals surface area (Å²) in [6, 6.07) is 17.0. The van der Waals surface area contributed by atoms with Gasteiger partial charge >= 0.3 is 0 Å². The van der Waals surface area contributed by atoms with Gasteiger partial charge in [0.1, 0.15) is 11.8 Å². The molecule has 3 aromatic heterocycles. The zero-order chi connectivity index (χ0) is 17.5.